The highest BCUT2D eigenvalue weighted by atomic mass is 19.4. The van der Waals surface area contributed by atoms with Crippen LogP contribution in [-0.2, 0) is 12.7 Å². The number of hydrogen-bond donors (Lipinski definition) is 1. The standard InChI is InChI=1S/C14H11F4NO/c15-10-2-4-11(5-3-10)20-13-6-1-9(8-19)7-12(13)14(16,17)18/h1-7H,8,19H2. The second-order valence-corrected chi connectivity index (χ2v) is 4.09. The molecule has 0 heterocycles. The fourth-order valence-corrected chi connectivity index (χ4v) is 1.64. The predicted molar refractivity (Wildman–Crippen MR) is 65.8 cm³/mol. The van der Waals surface area contributed by atoms with Gasteiger partial charge in [-0.3, -0.25) is 0 Å². The van der Waals surface area contributed by atoms with Crippen molar-refractivity contribution >= 4 is 0 Å². The van der Waals surface area contributed by atoms with Crippen LogP contribution in [0.15, 0.2) is 42.5 Å². The SMILES string of the molecule is NCc1ccc(Oc2ccc(F)cc2)c(C(F)(F)F)c1. The third-order valence-electron chi connectivity index (χ3n) is 2.63. The van der Waals surface area contributed by atoms with Crippen molar-refractivity contribution in [3.8, 4) is 11.5 Å². The number of rotatable bonds is 3. The van der Waals surface area contributed by atoms with Crippen molar-refractivity contribution in [1.29, 1.82) is 0 Å². The van der Waals surface area contributed by atoms with Gasteiger partial charge in [-0.2, -0.15) is 13.2 Å². The van der Waals surface area contributed by atoms with Crippen LogP contribution >= 0.6 is 0 Å². The van der Waals surface area contributed by atoms with Crippen LogP contribution in [0.3, 0.4) is 0 Å². The molecule has 0 radical (unpaired) electrons. The van der Waals surface area contributed by atoms with Crippen molar-refractivity contribution in [2.45, 2.75) is 12.7 Å². The lowest BCUT2D eigenvalue weighted by molar-refractivity contribution is -0.138. The Morgan fingerprint density at radius 1 is 1.00 bits per heavy atom. The van der Waals surface area contributed by atoms with E-state index in [2.05, 4.69) is 0 Å². The average Bonchev–Trinajstić information content (AvgIpc) is 2.40. The summed E-state index contributed by atoms with van der Waals surface area (Å²) in [7, 11) is 0. The highest BCUT2D eigenvalue weighted by Gasteiger charge is 2.34. The maximum atomic E-state index is 13.0. The van der Waals surface area contributed by atoms with Gasteiger partial charge in [0.2, 0.25) is 0 Å². The van der Waals surface area contributed by atoms with Crippen LogP contribution in [0, 0.1) is 5.82 Å². The number of alkyl halides is 3. The number of nitrogens with two attached hydrogens (primary N) is 1. The Hall–Kier alpha value is -2.08. The van der Waals surface area contributed by atoms with Crippen molar-refractivity contribution < 1.29 is 22.3 Å². The van der Waals surface area contributed by atoms with E-state index in [4.69, 9.17) is 10.5 Å². The van der Waals surface area contributed by atoms with Crippen LogP contribution in [0.4, 0.5) is 17.6 Å². The van der Waals surface area contributed by atoms with E-state index >= 15 is 0 Å². The molecule has 0 aliphatic heterocycles. The smallest absolute Gasteiger partial charge is 0.419 e. The molecule has 0 atom stereocenters. The Morgan fingerprint density at radius 2 is 1.65 bits per heavy atom. The average molecular weight is 285 g/mol. The topological polar surface area (TPSA) is 35.2 Å². The van der Waals surface area contributed by atoms with Crippen molar-refractivity contribution in [3.63, 3.8) is 0 Å². The van der Waals surface area contributed by atoms with E-state index in [1.165, 1.54) is 24.3 Å². The molecule has 0 aromatic heterocycles. The molecule has 0 amide bonds. The Bertz CT molecular complexity index is 593. The molecular formula is C14H11F4NO. The maximum Gasteiger partial charge on any atom is 0.419 e. The molecule has 0 aliphatic rings. The molecule has 0 unspecified atom stereocenters. The van der Waals surface area contributed by atoms with Crippen molar-refractivity contribution in [2.24, 2.45) is 5.73 Å². The Labute approximate surface area is 112 Å². The zero-order valence-electron chi connectivity index (χ0n) is 10.2. The van der Waals surface area contributed by atoms with Crippen molar-refractivity contribution in [2.75, 3.05) is 0 Å². The summed E-state index contributed by atoms with van der Waals surface area (Å²) in [5, 5.41) is 0. The van der Waals surface area contributed by atoms with Gasteiger partial charge >= 0.3 is 6.18 Å². The summed E-state index contributed by atoms with van der Waals surface area (Å²) < 4.78 is 56.8. The minimum atomic E-state index is -4.56. The van der Waals surface area contributed by atoms with E-state index in [1.54, 1.807) is 0 Å². The lowest BCUT2D eigenvalue weighted by Gasteiger charge is -2.14. The highest BCUT2D eigenvalue weighted by molar-refractivity contribution is 5.42. The summed E-state index contributed by atoms with van der Waals surface area (Å²) in [4.78, 5) is 0. The summed E-state index contributed by atoms with van der Waals surface area (Å²) in [6.45, 7) is -0.0000910. The van der Waals surface area contributed by atoms with Crippen molar-refractivity contribution in [3.05, 3.63) is 59.4 Å². The number of benzene rings is 2. The molecule has 2 nitrogen and oxygen atoms in total. The Kier molecular flexibility index (Phi) is 3.94. The first-order valence-corrected chi connectivity index (χ1v) is 5.74. The summed E-state index contributed by atoms with van der Waals surface area (Å²) in [5.41, 5.74) is 4.77. The summed E-state index contributed by atoms with van der Waals surface area (Å²) in [5.74, 6) is -0.717. The van der Waals surface area contributed by atoms with E-state index < -0.39 is 17.6 Å². The summed E-state index contributed by atoms with van der Waals surface area (Å²) in [6, 6.07) is 8.33. The van der Waals surface area contributed by atoms with E-state index in [1.807, 2.05) is 0 Å². The molecule has 0 aliphatic carbocycles. The maximum absolute atomic E-state index is 13.0. The first-order chi connectivity index (χ1) is 9.40. The molecule has 0 saturated carbocycles. The van der Waals surface area contributed by atoms with E-state index in [0.29, 0.717) is 5.56 Å². The quantitative estimate of drug-likeness (QED) is 0.862. The minimum Gasteiger partial charge on any atom is -0.457 e. The Morgan fingerprint density at radius 3 is 2.20 bits per heavy atom. The summed E-state index contributed by atoms with van der Waals surface area (Å²) in [6.07, 6.45) is -4.56. The van der Waals surface area contributed by atoms with Gasteiger partial charge < -0.3 is 10.5 Å². The van der Waals surface area contributed by atoms with Crippen LogP contribution in [0.2, 0.25) is 0 Å². The number of halogens is 4. The van der Waals surface area contributed by atoms with Gasteiger partial charge in [-0.05, 0) is 42.0 Å². The molecule has 2 aromatic carbocycles. The van der Waals surface area contributed by atoms with E-state index in [9.17, 15) is 17.6 Å². The second-order valence-electron chi connectivity index (χ2n) is 4.09. The third-order valence-corrected chi connectivity index (χ3v) is 2.63. The third kappa shape index (κ3) is 3.27. The van der Waals surface area contributed by atoms with Gasteiger partial charge in [0.05, 0.1) is 5.56 Å². The van der Waals surface area contributed by atoms with Gasteiger partial charge in [-0.25, -0.2) is 4.39 Å². The van der Waals surface area contributed by atoms with Gasteiger partial charge in [-0.15, -0.1) is 0 Å². The molecule has 2 N–H and O–H groups in total. The monoisotopic (exact) mass is 285 g/mol. The largest absolute Gasteiger partial charge is 0.457 e. The molecule has 20 heavy (non-hydrogen) atoms. The number of hydrogen-bond acceptors (Lipinski definition) is 2. The van der Waals surface area contributed by atoms with Crippen LogP contribution in [-0.4, -0.2) is 0 Å². The zero-order chi connectivity index (χ0) is 14.8. The van der Waals surface area contributed by atoms with Gasteiger partial charge in [0.15, 0.2) is 0 Å². The van der Waals surface area contributed by atoms with Crippen LogP contribution in [0.5, 0.6) is 11.5 Å². The fraction of sp³-hybridized carbons (Fsp3) is 0.143. The first kappa shape index (κ1) is 14.3. The minimum absolute atomic E-state index is 0.0000910. The molecule has 0 spiro atoms. The highest BCUT2D eigenvalue weighted by Crippen LogP contribution is 2.38. The van der Waals surface area contributed by atoms with Gasteiger partial charge in [0.25, 0.3) is 0 Å². The molecule has 2 rings (SSSR count). The van der Waals surface area contributed by atoms with E-state index in [0.717, 1.165) is 18.2 Å². The van der Waals surface area contributed by atoms with E-state index in [-0.39, 0.29) is 18.0 Å². The molecule has 106 valence electrons. The predicted octanol–water partition coefficient (Wildman–Crippen LogP) is 4.10. The molecule has 0 bridgehead atoms. The van der Waals surface area contributed by atoms with Crippen LogP contribution in [0.1, 0.15) is 11.1 Å². The summed E-state index contributed by atoms with van der Waals surface area (Å²) >= 11 is 0. The fourth-order valence-electron chi connectivity index (χ4n) is 1.64. The first-order valence-electron chi connectivity index (χ1n) is 5.74. The van der Waals surface area contributed by atoms with Gasteiger partial charge in [0.1, 0.15) is 17.3 Å². The van der Waals surface area contributed by atoms with Crippen LogP contribution < -0.4 is 10.5 Å². The number of ether oxygens (including phenoxy) is 1. The van der Waals surface area contributed by atoms with Crippen LogP contribution in [0.25, 0.3) is 0 Å². The van der Waals surface area contributed by atoms with Gasteiger partial charge in [-0.1, -0.05) is 6.07 Å². The molecule has 6 heteroatoms. The molecular weight excluding hydrogens is 274 g/mol. The zero-order valence-corrected chi connectivity index (χ0v) is 10.2. The van der Waals surface area contributed by atoms with Gasteiger partial charge in [0, 0.05) is 6.54 Å². The molecule has 0 saturated heterocycles. The second kappa shape index (κ2) is 5.50. The van der Waals surface area contributed by atoms with Crippen molar-refractivity contribution in [1.82, 2.24) is 0 Å². The lowest BCUT2D eigenvalue weighted by Crippen LogP contribution is -2.09. The molecule has 2 aromatic rings. The lowest BCUT2D eigenvalue weighted by atomic mass is 10.1. The molecule has 0 fully saturated rings. The normalized spacial score (nSPS) is 11.4. The Balaban J connectivity index is 2.38.